The maximum Gasteiger partial charge on any atom is 0.144 e. The Kier molecular flexibility index (Phi) is 1.16. The SMILES string of the molecule is CN1N=NCN1S. The van der Waals surface area contributed by atoms with Crippen LogP contribution in [-0.4, -0.2) is 23.2 Å². The number of hydrogen-bond donors (Lipinski definition) is 1. The zero-order valence-electron chi connectivity index (χ0n) is 3.94. The molecule has 0 aromatic rings. The molecule has 0 radical (unpaired) electrons. The molecular formula is C2H6N4S. The first-order chi connectivity index (χ1) is 3.30. The molecule has 1 aliphatic heterocycles. The summed E-state index contributed by atoms with van der Waals surface area (Å²) < 4.78 is 1.60. The number of nitrogens with zero attached hydrogens (tertiary/aromatic N) is 4. The summed E-state index contributed by atoms with van der Waals surface area (Å²) in [4.78, 5) is 0. The van der Waals surface area contributed by atoms with E-state index in [1.807, 2.05) is 0 Å². The van der Waals surface area contributed by atoms with E-state index in [0.717, 1.165) is 0 Å². The normalized spacial score (nSPS) is 21.7. The summed E-state index contributed by atoms with van der Waals surface area (Å²) in [5.74, 6) is 0. The van der Waals surface area contributed by atoms with Gasteiger partial charge >= 0.3 is 0 Å². The average Bonchev–Trinajstić information content (AvgIpc) is 1.91. The molecule has 0 unspecified atom stereocenters. The fourth-order valence-corrected chi connectivity index (χ4v) is 0.406. The summed E-state index contributed by atoms with van der Waals surface area (Å²) in [5, 5.41) is 8.83. The van der Waals surface area contributed by atoms with Gasteiger partial charge in [-0.05, 0) is 0 Å². The topological polar surface area (TPSA) is 31.2 Å². The van der Waals surface area contributed by atoms with E-state index in [9.17, 15) is 0 Å². The van der Waals surface area contributed by atoms with Crippen molar-refractivity contribution in [1.29, 1.82) is 0 Å². The minimum atomic E-state index is 0.555. The van der Waals surface area contributed by atoms with Gasteiger partial charge in [-0.25, -0.2) is 5.12 Å². The van der Waals surface area contributed by atoms with E-state index in [1.165, 1.54) is 0 Å². The van der Waals surface area contributed by atoms with Crippen molar-refractivity contribution in [2.75, 3.05) is 13.7 Å². The second kappa shape index (κ2) is 1.67. The van der Waals surface area contributed by atoms with E-state index in [4.69, 9.17) is 0 Å². The molecule has 0 aliphatic carbocycles. The third-order valence-corrected chi connectivity index (χ3v) is 1.10. The highest BCUT2D eigenvalue weighted by Crippen LogP contribution is 2.05. The number of hydrazine groups is 1. The van der Waals surface area contributed by atoms with Gasteiger partial charge in [-0.2, -0.15) is 5.11 Å². The maximum absolute atomic E-state index is 3.96. The zero-order valence-corrected chi connectivity index (χ0v) is 4.84. The summed E-state index contributed by atoms with van der Waals surface area (Å²) in [5.41, 5.74) is 0. The van der Waals surface area contributed by atoms with Crippen LogP contribution in [0.3, 0.4) is 0 Å². The zero-order chi connectivity index (χ0) is 5.28. The van der Waals surface area contributed by atoms with Crippen molar-refractivity contribution in [3.05, 3.63) is 0 Å². The van der Waals surface area contributed by atoms with E-state index >= 15 is 0 Å². The summed E-state index contributed by atoms with van der Waals surface area (Å²) in [7, 11) is 1.78. The second-order valence-electron chi connectivity index (χ2n) is 1.23. The highest BCUT2D eigenvalue weighted by atomic mass is 32.1. The van der Waals surface area contributed by atoms with Crippen molar-refractivity contribution in [3.8, 4) is 0 Å². The Morgan fingerprint density at radius 2 is 2.43 bits per heavy atom. The predicted molar refractivity (Wildman–Crippen MR) is 28.3 cm³/mol. The monoisotopic (exact) mass is 118 g/mol. The van der Waals surface area contributed by atoms with Gasteiger partial charge < -0.3 is 0 Å². The van der Waals surface area contributed by atoms with Crippen LogP contribution in [0.1, 0.15) is 0 Å². The molecule has 0 aromatic carbocycles. The van der Waals surface area contributed by atoms with Gasteiger partial charge in [0.25, 0.3) is 0 Å². The third kappa shape index (κ3) is 0.834. The fraction of sp³-hybridized carbons (Fsp3) is 1.00. The Bertz CT molecular complexity index is 91.7. The molecule has 5 heteroatoms. The van der Waals surface area contributed by atoms with Crippen LogP contribution in [0.25, 0.3) is 0 Å². The molecule has 0 saturated heterocycles. The molecule has 40 valence electrons. The summed E-state index contributed by atoms with van der Waals surface area (Å²) in [6.07, 6.45) is 0. The molecule has 0 amide bonds. The standard InChI is InChI=1S/C2H6N4S/c1-5-4-3-2-6(5)7/h7H,2H2,1H3. The van der Waals surface area contributed by atoms with E-state index in [2.05, 4.69) is 23.2 Å². The molecule has 0 bridgehead atoms. The minimum Gasteiger partial charge on any atom is -0.200 e. The van der Waals surface area contributed by atoms with Crippen LogP contribution in [0.15, 0.2) is 10.3 Å². The molecule has 0 fully saturated rings. The van der Waals surface area contributed by atoms with Gasteiger partial charge in [0.15, 0.2) is 0 Å². The highest BCUT2D eigenvalue weighted by Gasteiger charge is 2.07. The van der Waals surface area contributed by atoms with Gasteiger partial charge in [0.05, 0.1) is 0 Å². The third-order valence-electron chi connectivity index (χ3n) is 0.717. The van der Waals surface area contributed by atoms with Crippen LogP contribution in [0, 0.1) is 0 Å². The van der Waals surface area contributed by atoms with Crippen molar-refractivity contribution in [3.63, 3.8) is 0 Å². The van der Waals surface area contributed by atoms with Crippen LogP contribution in [0.4, 0.5) is 0 Å². The lowest BCUT2D eigenvalue weighted by Crippen LogP contribution is -2.21. The first kappa shape index (κ1) is 4.86. The molecule has 0 spiro atoms. The fourth-order valence-electron chi connectivity index (χ4n) is 0.314. The minimum absolute atomic E-state index is 0.555. The maximum atomic E-state index is 3.96. The van der Waals surface area contributed by atoms with Crippen molar-refractivity contribution in [2.24, 2.45) is 10.3 Å². The number of rotatable bonds is 0. The van der Waals surface area contributed by atoms with E-state index in [-0.39, 0.29) is 0 Å². The van der Waals surface area contributed by atoms with Gasteiger partial charge in [-0.1, -0.05) is 18.0 Å². The molecule has 0 atom stereocenters. The van der Waals surface area contributed by atoms with E-state index in [0.29, 0.717) is 6.67 Å². The summed E-state index contributed by atoms with van der Waals surface area (Å²) >= 11 is 3.96. The van der Waals surface area contributed by atoms with Crippen LogP contribution in [-0.2, 0) is 0 Å². The van der Waals surface area contributed by atoms with Crippen LogP contribution in [0.2, 0.25) is 0 Å². The largest absolute Gasteiger partial charge is 0.200 e. The van der Waals surface area contributed by atoms with Gasteiger partial charge in [0.2, 0.25) is 0 Å². The Balaban J connectivity index is 2.45. The van der Waals surface area contributed by atoms with E-state index in [1.54, 1.807) is 16.6 Å². The van der Waals surface area contributed by atoms with Crippen LogP contribution >= 0.6 is 12.8 Å². The van der Waals surface area contributed by atoms with Gasteiger partial charge in [-0.3, -0.25) is 0 Å². The Hall–Kier alpha value is -0.290. The van der Waals surface area contributed by atoms with Crippen LogP contribution < -0.4 is 0 Å². The molecule has 1 aliphatic rings. The Morgan fingerprint density at radius 3 is 2.57 bits per heavy atom. The molecule has 4 nitrogen and oxygen atoms in total. The van der Waals surface area contributed by atoms with Crippen molar-refractivity contribution < 1.29 is 0 Å². The lowest BCUT2D eigenvalue weighted by atomic mass is 11.2. The van der Waals surface area contributed by atoms with Crippen molar-refractivity contribution >= 4 is 12.8 Å². The lowest BCUT2D eigenvalue weighted by Gasteiger charge is -2.11. The van der Waals surface area contributed by atoms with Crippen molar-refractivity contribution in [2.45, 2.75) is 0 Å². The van der Waals surface area contributed by atoms with Gasteiger partial charge in [0, 0.05) is 7.05 Å². The molecule has 7 heavy (non-hydrogen) atoms. The molecular weight excluding hydrogens is 112 g/mol. The molecule has 0 N–H and O–H groups in total. The molecule has 1 rings (SSSR count). The van der Waals surface area contributed by atoms with E-state index < -0.39 is 0 Å². The average molecular weight is 118 g/mol. The second-order valence-corrected chi connectivity index (χ2v) is 1.70. The van der Waals surface area contributed by atoms with Gasteiger partial charge in [0.1, 0.15) is 6.67 Å². The Labute approximate surface area is 47.3 Å². The van der Waals surface area contributed by atoms with Crippen LogP contribution in [0.5, 0.6) is 0 Å². The smallest absolute Gasteiger partial charge is 0.144 e. The van der Waals surface area contributed by atoms with Gasteiger partial charge in [-0.15, -0.1) is 4.41 Å². The quantitative estimate of drug-likeness (QED) is 0.464. The first-order valence-corrected chi connectivity index (χ1v) is 2.28. The van der Waals surface area contributed by atoms with Crippen molar-refractivity contribution in [1.82, 2.24) is 9.53 Å². The lowest BCUT2D eigenvalue weighted by molar-refractivity contribution is 0.156. The highest BCUT2D eigenvalue weighted by molar-refractivity contribution is 7.77. The summed E-state index contributed by atoms with van der Waals surface area (Å²) in [6, 6.07) is 0. The predicted octanol–water partition coefficient (Wildman–Crippen LogP) is 0.318. The number of hydrogen-bond acceptors (Lipinski definition) is 5. The first-order valence-electron chi connectivity index (χ1n) is 1.88. The molecule has 1 heterocycles. The molecule has 0 saturated carbocycles. The Morgan fingerprint density at radius 1 is 1.71 bits per heavy atom. The molecule has 0 aromatic heterocycles. The number of thiol groups is 1. The summed E-state index contributed by atoms with van der Waals surface area (Å²) in [6.45, 7) is 0.555.